The van der Waals surface area contributed by atoms with Crippen LogP contribution in [0.25, 0.3) is 0 Å². The number of hydrogen-bond donors (Lipinski definition) is 1. The molecule has 1 unspecified atom stereocenters. The second-order valence-corrected chi connectivity index (χ2v) is 5.01. The minimum Gasteiger partial charge on any atom is -0.479 e. The molecule has 1 atom stereocenters. The minimum atomic E-state index is -0.604. The van der Waals surface area contributed by atoms with Gasteiger partial charge >= 0.3 is 0 Å². The maximum atomic E-state index is 12.3. The average Bonchev–Trinajstić information content (AvgIpc) is 3.03. The van der Waals surface area contributed by atoms with Crippen LogP contribution in [0.4, 0.5) is 5.69 Å². The summed E-state index contributed by atoms with van der Waals surface area (Å²) in [5.74, 6) is 0.782. The minimum absolute atomic E-state index is 0.0513. The van der Waals surface area contributed by atoms with Crippen molar-refractivity contribution in [2.45, 2.75) is 19.6 Å². The summed E-state index contributed by atoms with van der Waals surface area (Å²) >= 11 is 0. The van der Waals surface area contributed by atoms with Crippen LogP contribution in [0.2, 0.25) is 0 Å². The van der Waals surface area contributed by atoms with Crippen LogP contribution in [-0.4, -0.2) is 24.5 Å². The molecule has 3 rings (SSSR count). The average molecular weight is 300 g/mol. The second-order valence-electron chi connectivity index (χ2n) is 5.01. The third-order valence-corrected chi connectivity index (χ3v) is 3.42. The van der Waals surface area contributed by atoms with E-state index in [1.165, 1.54) is 4.90 Å². The quantitative estimate of drug-likeness (QED) is 0.933. The number of furan rings is 1. The number of nitrogens with one attached hydrogen (secondary N) is 1. The van der Waals surface area contributed by atoms with Gasteiger partial charge < -0.3 is 14.5 Å². The van der Waals surface area contributed by atoms with Gasteiger partial charge in [0.25, 0.3) is 5.91 Å². The predicted molar refractivity (Wildman–Crippen MR) is 79.4 cm³/mol. The van der Waals surface area contributed by atoms with Crippen LogP contribution >= 0.6 is 0 Å². The summed E-state index contributed by atoms with van der Waals surface area (Å²) in [5.41, 5.74) is 0.610. The number of rotatable bonds is 4. The first-order valence-electron chi connectivity index (χ1n) is 7.01. The van der Waals surface area contributed by atoms with E-state index in [0.29, 0.717) is 23.7 Å². The highest BCUT2D eigenvalue weighted by Gasteiger charge is 2.32. The molecule has 6 heteroatoms. The molecule has 0 spiro atoms. The first-order chi connectivity index (χ1) is 10.6. The number of fused-ring (bicyclic) bond motifs is 1. The summed E-state index contributed by atoms with van der Waals surface area (Å²) in [6, 6.07) is 10.7. The van der Waals surface area contributed by atoms with E-state index in [1.54, 1.807) is 43.5 Å². The molecule has 0 aliphatic carbocycles. The van der Waals surface area contributed by atoms with Gasteiger partial charge in [0.15, 0.2) is 6.10 Å². The Bertz CT molecular complexity index is 681. The van der Waals surface area contributed by atoms with Crippen molar-refractivity contribution < 1.29 is 18.7 Å². The van der Waals surface area contributed by atoms with E-state index in [9.17, 15) is 9.59 Å². The molecule has 2 aromatic rings. The molecular weight excluding hydrogens is 284 g/mol. The molecule has 1 aromatic carbocycles. The van der Waals surface area contributed by atoms with E-state index in [-0.39, 0.29) is 18.4 Å². The number of amides is 2. The van der Waals surface area contributed by atoms with Crippen molar-refractivity contribution in [3.05, 3.63) is 48.4 Å². The number of hydrogen-bond acceptors (Lipinski definition) is 4. The van der Waals surface area contributed by atoms with Gasteiger partial charge in [-0.05, 0) is 31.2 Å². The topological polar surface area (TPSA) is 71.8 Å². The van der Waals surface area contributed by atoms with Gasteiger partial charge in [0, 0.05) is 0 Å². The van der Waals surface area contributed by atoms with E-state index < -0.39 is 6.10 Å². The van der Waals surface area contributed by atoms with Crippen LogP contribution < -0.4 is 15.0 Å². The summed E-state index contributed by atoms with van der Waals surface area (Å²) in [7, 11) is 0. The normalized spacial score (nSPS) is 16.9. The highest BCUT2D eigenvalue weighted by molar-refractivity contribution is 6.03. The standard InChI is InChI=1S/C16H16N2O4/c1-11-16(20)18(13-6-2-3-7-14(13)22-11)10-15(19)17-9-12-5-4-8-21-12/h2-8,11H,9-10H2,1H3,(H,17,19). The Hall–Kier alpha value is -2.76. The van der Waals surface area contributed by atoms with E-state index >= 15 is 0 Å². The summed E-state index contributed by atoms with van der Waals surface area (Å²) in [4.78, 5) is 25.8. The van der Waals surface area contributed by atoms with Gasteiger partial charge in [-0.25, -0.2) is 0 Å². The maximum absolute atomic E-state index is 12.3. The Morgan fingerprint density at radius 1 is 1.27 bits per heavy atom. The smallest absolute Gasteiger partial charge is 0.268 e. The number of anilines is 1. The van der Waals surface area contributed by atoms with Crippen molar-refractivity contribution in [1.29, 1.82) is 0 Å². The highest BCUT2D eigenvalue weighted by atomic mass is 16.5. The molecule has 1 aromatic heterocycles. The lowest BCUT2D eigenvalue weighted by atomic mass is 10.2. The molecule has 2 amide bonds. The van der Waals surface area contributed by atoms with Crippen LogP contribution in [0, 0.1) is 0 Å². The predicted octanol–water partition coefficient (Wildman–Crippen LogP) is 1.71. The Labute approximate surface area is 127 Å². The third kappa shape index (κ3) is 2.81. The van der Waals surface area contributed by atoms with Crippen molar-refractivity contribution in [2.24, 2.45) is 0 Å². The number of para-hydroxylation sites is 2. The zero-order chi connectivity index (χ0) is 15.5. The first kappa shape index (κ1) is 14.2. The van der Waals surface area contributed by atoms with Crippen molar-refractivity contribution in [1.82, 2.24) is 5.32 Å². The lowest BCUT2D eigenvalue weighted by Gasteiger charge is -2.32. The Kier molecular flexibility index (Phi) is 3.82. The zero-order valence-corrected chi connectivity index (χ0v) is 12.1. The van der Waals surface area contributed by atoms with Gasteiger partial charge in [-0.1, -0.05) is 12.1 Å². The first-order valence-corrected chi connectivity index (χ1v) is 7.01. The summed E-state index contributed by atoms with van der Waals surface area (Å²) in [6.45, 7) is 1.91. The number of benzene rings is 1. The number of nitrogens with zero attached hydrogens (tertiary/aromatic N) is 1. The molecule has 0 bridgehead atoms. The van der Waals surface area contributed by atoms with Crippen LogP contribution in [-0.2, 0) is 16.1 Å². The number of carbonyl (C=O) groups is 2. The van der Waals surface area contributed by atoms with Crippen LogP contribution in [0.1, 0.15) is 12.7 Å². The molecule has 0 saturated heterocycles. The van der Waals surface area contributed by atoms with Crippen LogP contribution in [0.5, 0.6) is 5.75 Å². The van der Waals surface area contributed by atoms with Gasteiger partial charge in [-0.3, -0.25) is 14.5 Å². The highest BCUT2D eigenvalue weighted by Crippen LogP contribution is 2.33. The Morgan fingerprint density at radius 2 is 2.09 bits per heavy atom. The molecule has 1 aliphatic heterocycles. The van der Waals surface area contributed by atoms with Crippen molar-refractivity contribution in [2.75, 3.05) is 11.4 Å². The molecule has 114 valence electrons. The second kappa shape index (κ2) is 5.93. The lowest BCUT2D eigenvalue weighted by molar-refractivity contribution is -0.128. The molecule has 6 nitrogen and oxygen atoms in total. The maximum Gasteiger partial charge on any atom is 0.268 e. The van der Waals surface area contributed by atoms with Gasteiger partial charge in [0.05, 0.1) is 18.5 Å². The SMILES string of the molecule is CC1Oc2ccccc2N(CC(=O)NCc2ccco2)C1=O. The van der Waals surface area contributed by atoms with Gasteiger partial charge in [0.1, 0.15) is 18.1 Å². The molecule has 1 aliphatic rings. The van der Waals surface area contributed by atoms with Gasteiger partial charge in [-0.2, -0.15) is 0 Å². The van der Waals surface area contributed by atoms with Gasteiger partial charge in [-0.15, -0.1) is 0 Å². The Morgan fingerprint density at radius 3 is 2.86 bits per heavy atom. The molecule has 0 radical (unpaired) electrons. The zero-order valence-electron chi connectivity index (χ0n) is 12.1. The van der Waals surface area contributed by atoms with Crippen molar-refractivity contribution in [3.63, 3.8) is 0 Å². The van der Waals surface area contributed by atoms with E-state index in [1.807, 2.05) is 6.07 Å². The van der Waals surface area contributed by atoms with E-state index in [2.05, 4.69) is 5.32 Å². The lowest BCUT2D eigenvalue weighted by Crippen LogP contribution is -2.48. The summed E-state index contributed by atoms with van der Waals surface area (Å²) < 4.78 is 10.7. The molecule has 1 N–H and O–H groups in total. The largest absolute Gasteiger partial charge is 0.479 e. The summed E-state index contributed by atoms with van der Waals surface area (Å²) in [6.07, 6.45) is 0.943. The van der Waals surface area contributed by atoms with Crippen molar-refractivity contribution >= 4 is 17.5 Å². The fraction of sp³-hybridized carbons (Fsp3) is 0.250. The number of ether oxygens (including phenoxy) is 1. The molecule has 2 heterocycles. The van der Waals surface area contributed by atoms with E-state index in [4.69, 9.17) is 9.15 Å². The Balaban J connectivity index is 1.70. The third-order valence-electron chi connectivity index (χ3n) is 3.42. The molecular formula is C16H16N2O4. The van der Waals surface area contributed by atoms with Gasteiger partial charge in [0.2, 0.25) is 5.91 Å². The van der Waals surface area contributed by atoms with Crippen LogP contribution in [0.15, 0.2) is 47.1 Å². The number of carbonyl (C=O) groups excluding carboxylic acids is 2. The molecule has 22 heavy (non-hydrogen) atoms. The van der Waals surface area contributed by atoms with Crippen molar-refractivity contribution in [3.8, 4) is 5.75 Å². The fourth-order valence-electron chi connectivity index (χ4n) is 2.32. The molecule has 0 saturated carbocycles. The van der Waals surface area contributed by atoms with Crippen LogP contribution in [0.3, 0.4) is 0 Å². The molecule has 0 fully saturated rings. The fourth-order valence-corrected chi connectivity index (χ4v) is 2.32. The van der Waals surface area contributed by atoms with E-state index in [0.717, 1.165) is 0 Å². The summed E-state index contributed by atoms with van der Waals surface area (Å²) in [5, 5.41) is 2.73. The monoisotopic (exact) mass is 300 g/mol.